The number of nitrogens with one attached hydrogen (secondary N) is 1. The van der Waals surface area contributed by atoms with Crippen molar-refractivity contribution in [2.75, 3.05) is 29.9 Å². The smallest absolute Gasteiger partial charge is 0.136 e. The van der Waals surface area contributed by atoms with Crippen molar-refractivity contribution >= 4 is 11.6 Å². The van der Waals surface area contributed by atoms with Crippen LogP contribution < -0.4 is 10.2 Å². The molecule has 1 saturated heterocycles. The van der Waals surface area contributed by atoms with Crippen molar-refractivity contribution in [3.63, 3.8) is 0 Å². The molecule has 1 saturated carbocycles. The highest BCUT2D eigenvalue weighted by Gasteiger charge is 2.29. The van der Waals surface area contributed by atoms with Gasteiger partial charge in [-0.3, -0.25) is 0 Å². The van der Waals surface area contributed by atoms with Gasteiger partial charge in [-0.2, -0.15) is 0 Å². The minimum atomic E-state index is 0.612. The second kappa shape index (κ2) is 6.63. The maximum atomic E-state index is 4.85. The van der Waals surface area contributed by atoms with E-state index < -0.39 is 0 Å². The highest BCUT2D eigenvalue weighted by molar-refractivity contribution is 5.50. The second-order valence-corrected chi connectivity index (χ2v) is 6.56. The molecular weight excluding hydrogens is 260 g/mol. The molecule has 4 heteroatoms. The zero-order valence-corrected chi connectivity index (χ0v) is 13.4. The first-order valence-corrected chi connectivity index (χ1v) is 8.68. The molecule has 0 bridgehead atoms. The van der Waals surface area contributed by atoms with Crippen LogP contribution in [-0.4, -0.2) is 29.6 Å². The summed E-state index contributed by atoms with van der Waals surface area (Å²) in [5.74, 6) is 4.68. The van der Waals surface area contributed by atoms with Crippen LogP contribution in [0.25, 0.3) is 0 Å². The third-order valence-corrected chi connectivity index (χ3v) is 4.54. The lowest BCUT2D eigenvalue weighted by atomic mass is 10.0. The molecule has 0 aromatic carbocycles. The van der Waals surface area contributed by atoms with Crippen LogP contribution in [-0.2, 0) is 0 Å². The van der Waals surface area contributed by atoms with Gasteiger partial charge >= 0.3 is 0 Å². The Kier molecular flexibility index (Phi) is 4.61. The molecule has 1 aromatic heterocycles. The Bertz CT molecular complexity index is 470. The molecule has 0 radical (unpaired) electrons. The third-order valence-electron chi connectivity index (χ3n) is 4.54. The van der Waals surface area contributed by atoms with Crippen molar-refractivity contribution in [1.82, 2.24) is 9.97 Å². The SMILES string of the molecule is CCCNc1cc(N2CCC(CCC)C2)nc(C2CC2)n1. The van der Waals surface area contributed by atoms with E-state index in [1.165, 1.54) is 38.6 Å². The van der Waals surface area contributed by atoms with Gasteiger partial charge in [-0.1, -0.05) is 20.3 Å². The molecule has 116 valence electrons. The average molecular weight is 288 g/mol. The van der Waals surface area contributed by atoms with Crippen molar-refractivity contribution in [2.45, 2.75) is 58.3 Å². The monoisotopic (exact) mass is 288 g/mol. The Morgan fingerprint density at radius 1 is 1.19 bits per heavy atom. The predicted molar refractivity (Wildman–Crippen MR) is 88.0 cm³/mol. The maximum absolute atomic E-state index is 4.85. The van der Waals surface area contributed by atoms with Gasteiger partial charge in [0.05, 0.1) is 0 Å². The predicted octanol–water partition coefficient (Wildman–Crippen LogP) is 3.80. The highest BCUT2D eigenvalue weighted by Crippen LogP contribution is 2.39. The van der Waals surface area contributed by atoms with Crippen molar-refractivity contribution in [2.24, 2.45) is 5.92 Å². The van der Waals surface area contributed by atoms with E-state index in [-0.39, 0.29) is 0 Å². The Hall–Kier alpha value is -1.32. The summed E-state index contributed by atoms with van der Waals surface area (Å²) in [6, 6.07) is 2.15. The van der Waals surface area contributed by atoms with E-state index in [0.717, 1.165) is 42.9 Å². The minimum Gasteiger partial charge on any atom is -0.370 e. The lowest BCUT2D eigenvalue weighted by Gasteiger charge is -2.19. The fourth-order valence-corrected chi connectivity index (χ4v) is 3.17. The van der Waals surface area contributed by atoms with E-state index >= 15 is 0 Å². The summed E-state index contributed by atoms with van der Waals surface area (Å²) in [6.45, 7) is 7.78. The maximum Gasteiger partial charge on any atom is 0.136 e. The van der Waals surface area contributed by atoms with Gasteiger partial charge in [0.15, 0.2) is 0 Å². The fourth-order valence-electron chi connectivity index (χ4n) is 3.17. The van der Waals surface area contributed by atoms with Gasteiger partial charge < -0.3 is 10.2 Å². The Morgan fingerprint density at radius 2 is 2.05 bits per heavy atom. The van der Waals surface area contributed by atoms with Crippen molar-refractivity contribution < 1.29 is 0 Å². The first-order chi connectivity index (χ1) is 10.3. The summed E-state index contributed by atoms with van der Waals surface area (Å²) >= 11 is 0. The van der Waals surface area contributed by atoms with E-state index in [1.54, 1.807) is 0 Å². The zero-order valence-electron chi connectivity index (χ0n) is 13.4. The molecule has 1 aliphatic heterocycles. The summed E-state index contributed by atoms with van der Waals surface area (Å²) in [7, 11) is 0. The first-order valence-electron chi connectivity index (χ1n) is 8.68. The van der Waals surface area contributed by atoms with Gasteiger partial charge in [-0.05, 0) is 38.0 Å². The Labute approximate surface area is 128 Å². The first kappa shape index (κ1) is 14.6. The molecule has 3 rings (SSSR count). The van der Waals surface area contributed by atoms with E-state index in [4.69, 9.17) is 9.97 Å². The molecule has 0 spiro atoms. The molecule has 4 nitrogen and oxygen atoms in total. The largest absolute Gasteiger partial charge is 0.370 e. The Balaban J connectivity index is 1.75. The van der Waals surface area contributed by atoms with Gasteiger partial charge in [0, 0.05) is 31.6 Å². The number of anilines is 2. The van der Waals surface area contributed by atoms with Gasteiger partial charge in [0.25, 0.3) is 0 Å². The van der Waals surface area contributed by atoms with Crippen molar-refractivity contribution in [3.8, 4) is 0 Å². The number of nitrogens with zero attached hydrogens (tertiary/aromatic N) is 3. The van der Waals surface area contributed by atoms with E-state index in [0.29, 0.717) is 5.92 Å². The molecule has 0 amide bonds. The van der Waals surface area contributed by atoms with E-state index in [1.807, 2.05) is 0 Å². The topological polar surface area (TPSA) is 41.0 Å². The van der Waals surface area contributed by atoms with Crippen LogP contribution in [0.3, 0.4) is 0 Å². The van der Waals surface area contributed by atoms with Crippen molar-refractivity contribution in [3.05, 3.63) is 11.9 Å². The normalized spacial score (nSPS) is 21.8. The van der Waals surface area contributed by atoms with Gasteiger partial charge in [-0.15, -0.1) is 0 Å². The molecular formula is C17H28N4. The van der Waals surface area contributed by atoms with Crippen LogP contribution in [0, 0.1) is 5.92 Å². The molecule has 1 aliphatic carbocycles. The molecule has 1 unspecified atom stereocenters. The Morgan fingerprint density at radius 3 is 2.76 bits per heavy atom. The van der Waals surface area contributed by atoms with Gasteiger partial charge in [0.1, 0.15) is 17.5 Å². The molecule has 2 heterocycles. The lowest BCUT2D eigenvalue weighted by Crippen LogP contribution is -2.22. The second-order valence-electron chi connectivity index (χ2n) is 6.56. The number of aromatic nitrogens is 2. The molecule has 2 fully saturated rings. The van der Waals surface area contributed by atoms with Gasteiger partial charge in [-0.25, -0.2) is 9.97 Å². The zero-order chi connectivity index (χ0) is 14.7. The van der Waals surface area contributed by atoms with Crippen LogP contribution in [0.1, 0.15) is 64.1 Å². The molecule has 1 N–H and O–H groups in total. The van der Waals surface area contributed by atoms with Crippen LogP contribution in [0.15, 0.2) is 6.07 Å². The quantitative estimate of drug-likeness (QED) is 0.828. The summed E-state index contributed by atoms with van der Waals surface area (Å²) in [6.07, 6.45) is 7.59. The highest BCUT2D eigenvalue weighted by atomic mass is 15.2. The third kappa shape index (κ3) is 3.66. The van der Waals surface area contributed by atoms with E-state index in [2.05, 4.69) is 30.1 Å². The van der Waals surface area contributed by atoms with Crippen LogP contribution in [0.4, 0.5) is 11.6 Å². The van der Waals surface area contributed by atoms with Crippen LogP contribution >= 0.6 is 0 Å². The fraction of sp³-hybridized carbons (Fsp3) is 0.765. The average Bonchev–Trinajstić information content (AvgIpc) is 3.25. The molecule has 2 aliphatic rings. The lowest BCUT2D eigenvalue weighted by molar-refractivity contribution is 0.529. The molecule has 1 aromatic rings. The summed E-state index contributed by atoms with van der Waals surface area (Å²) in [5.41, 5.74) is 0. The minimum absolute atomic E-state index is 0.612. The molecule has 1 atom stereocenters. The van der Waals surface area contributed by atoms with E-state index in [9.17, 15) is 0 Å². The number of rotatable bonds is 7. The number of hydrogen-bond donors (Lipinski definition) is 1. The van der Waals surface area contributed by atoms with Crippen molar-refractivity contribution in [1.29, 1.82) is 0 Å². The van der Waals surface area contributed by atoms with Crippen LogP contribution in [0.5, 0.6) is 0 Å². The molecule has 21 heavy (non-hydrogen) atoms. The number of hydrogen-bond acceptors (Lipinski definition) is 4. The standard InChI is InChI=1S/C17H28N4/c1-3-5-13-8-10-21(12-13)16-11-15(18-9-4-2)19-17(20-16)14-6-7-14/h11,13-14H,3-10,12H2,1-2H3,(H,18,19,20). The van der Waals surface area contributed by atoms with Gasteiger partial charge in [0.2, 0.25) is 0 Å². The summed E-state index contributed by atoms with van der Waals surface area (Å²) in [5, 5.41) is 3.44. The van der Waals surface area contributed by atoms with Crippen LogP contribution in [0.2, 0.25) is 0 Å². The summed E-state index contributed by atoms with van der Waals surface area (Å²) < 4.78 is 0. The summed E-state index contributed by atoms with van der Waals surface area (Å²) in [4.78, 5) is 12.0.